The number of aromatic nitrogens is 2. The number of hydrogen-bond donors (Lipinski definition) is 3. The van der Waals surface area contributed by atoms with Crippen molar-refractivity contribution >= 4 is 12.0 Å². The van der Waals surface area contributed by atoms with Gasteiger partial charge in [0.1, 0.15) is 0 Å². The van der Waals surface area contributed by atoms with E-state index >= 15 is 0 Å². The molecule has 1 fully saturated rings. The molecule has 0 atom stereocenters. The lowest BCUT2D eigenvalue weighted by atomic mass is 9.97. The second kappa shape index (κ2) is 5.75. The van der Waals surface area contributed by atoms with E-state index in [1.165, 1.54) is 4.90 Å². The Kier molecular flexibility index (Phi) is 3.81. The molecule has 21 heavy (non-hydrogen) atoms. The van der Waals surface area contributed by atoms with Gasteiger partial charge in [-0.1, -0.05) is 0 Å². The number of fused-ring (bicyclic) bond motifs is 1. The maximum Gasteiger partial charge on any atom is 0.407 e. The molecule has 0 spiro atoms. The molecule has 1 aliphatic heterocycles. The molecule has 114 valence electrons. The summed E-state index contributed by atoms with van der Waals surface area (Å²) in [5, 5.41) is 18.9. The predicted octanol–water partition coefficient (Wildman–Crippen LogP) is 1.02. The average Bonchev–Trinajstić information content (AvgIpc) is 3.08. The standard InChI is InChI=1S/C14H20N4O3/c19-13(12-10-2-1-3-11(10)16-17-12)15-8-9-4-6-18(7-5-9)14(20)21/h9H,1-8H2,(H,15,19)(H,16,17)(H,20,21). The number of aryl methyl sites for hydroxylation is 1. The number of likely N-dealkylation sites (tertiary alicyclic amines) is 1. The highest BCUT2D eigenvalue weighted by atomic mass is 16.4. The lowest BCUT2D eigenvalue weighted by molar-refractivity contribution is 0.0923. The zero-order valence-electron chi connectivity index (χ0n) is 11.9. The largest absolute Gasteiger partial charge is 0.465 e. The van der Waals surface area contributed by atoms with Gasteiger partial charge >= 0.3 is 6.09 Å². The van der Waals surface area contributed by atoms with Crippen LogP contribution >= 0.6 is 0 Å². The fraction of sp³-hybridized carbons (Fsp3) is 0.643. The average molecular weight is 292 g/mol. The molecule has 1 saturated heterocycles. The van der Waals surface area contributed by atoms with Crippen LogP contribution in [0, 0.1) is 5.92 Å². The maximum atomic E-state index is 12.2. The summed E-state index contributed by atoms with van der Waals surface area (Å²) in [5.74, 6) is 0.228. The lowest BCUT2D eigenvalue weighted by Gasteiger charge is -2.29. The van der Waals surface area contributed by atoms with Crippen molar-refractivity contribution < 1.29 is 14.7 Å². The topological polar surface area (TPSA) is 98.3 Å². The molecule has 1 aromatic rings. The molecule has 2 amide bonds. The third-order valence-electron chi connectivity index (χ3n) is 4.46. The SMILES string of the molecule is O=C(NCC1CCN(C(=O)O)CC1)c1n[nH]c2c1CCC2. The highest BCUT2D eigenvalue weighted by Crippen LogP contribution is 2.23. The molecule has 0 unspecified atom stereocenters. The number of rotatable bonds is 3. The van der Waals surface area contributed by atoms with Crippen molar-refractivity contribution in [3.05, 3.63) is 17.0 Å². The normalized spacial score (nSPS) is 18.6. The molecule has 0 radical (unpaired) electrons. The second-order valence-electron chi connectivity index (χ2n) is 5.81. The molecule has 3 rings (SSSR count). The van der Waals surface area contributed by atoms with Crippen molar-refractivity contribution in [2.45, 2.75) is 32.1 Å². The number of nitrogens with zero attached hydrogens (tertiary/aromatic N) is 2. The zero-order chi connectivity index (χ0) is 14.8. The second-order valence-corrected chi connectivity index (χ2v) is 5.81. The van der Waals surface area contributed by atoms with Crippen LogP contribution in [0.3, 0.4) is 0 Å². The summed E-state index contributed by atoms with van der Waals surface area (Å²) < 4.78 is 0. The first-order valence-corrected chi connectivity index (χ1v) is 7.47. The fourth-order valence-corrected chi connectivity index (χ4v) is 3.16. The van der Waals surface area contributed by atoms with E-state index in [1.807, 2.05) is 0 Å². The van der Waals surface area contributed by atoms with Crippen LogP contribution in [0.15, 0.2) is 0 Å². The van der Waals surface area contributed by atoms with Gasteiger partial charge in [0.15, 0.2) is 5.69 Å². The van der Waals surface area contributed by atoms with Gasteiger partial charge in [-0.05, 0) is 38.0 Å². The Bertz CT molecular complexity index is 546. The van der Waals surface area contributed by atoms with Gasteiger partial charge in [0.25, 0.3) is 5.91 Å². The van der Waals surface area contributed by atoms with Gasteiger partial charge in [0, 0.05) is 30.9 Å². The molecular weight excluding hydrogens is 272 g/mol. The number of aromatic amines is 1. The van der Waals surface area contributed by atoms with Crippen LogP contribution in [0.2, 0.25) is 0 Å². The Morgan fingerprint density at radius 2 is 2.10 bits per heavy atom. The van der Waals surface area contributed by atoms with Gasteiger partial charge < -0.3 is 15.3 Å². The molecule has 0 bridgehead atoms. The number of carbonyl (C=O) groups excluding carboxylic acids is 1. The molecule has 1 aliphatic carbocycles. The van der Waals surface area contributed by atoms with Crippen LogP contribution in [0.5, 0.6) is 0 Å². The van der Waals surface area contributed by atoms with E-state index in [-0.39, 0.29) is 5.91 Å². The maximum absolute atomic E-state index is 12.2. The van der Waals surface area contributed by atoms with E-state index in [9.17, 15) is 9.59 Å². The lowest BCUT2D eigenvalue weighted by Crippen LogP contribution is -2.41. The first kappa shape index (κ1) is 13.9. The van der Waals surface area contributed by atoms with E-state index in [1.54, 1.807) is 0 Å². The molecule has 2 aliphatic rings. The van der Waals surface area contributed by atoms with Crippen LogP contribution in [0.25, 0.3) is 0 Å². The number of H-pyrrole nitrogens is 1. The Morgan fingerprint density at radius 1 is 1.33 bits per heavy atom. The van der Waals surface area contributed by atoms with Crippen LogP contribution in [-0.4, -0.2) is 51.8 Å². The number of nitrogens with one attached hydrogen (secondary N) is 2. The molecule has 2 heterocycles. The predicted molar refractivity (Wildman–Crippen MR) is 75.3 cm³/mol. The third-order valence-corrected chi connectivity index (χ3v) is 4.46. The fourth-order valence-electron chi connectivity index (χ4n) is 3.16. The minimum Gasteiger partial charge on any atom is -0.465 e. The molecule has 0 saturated carbocycles. The summed E-state index contributed by atoms with van der Waals surface area (Å²) >= 11 is 0. The first-order chi connectivity index (χ1) is 10.1. The Balaban J connectivity index is 1.49. The van der Waals surface area contributed by atoms with E-state index in [0.29, 0.717) is 31.2 Å². The monoisotopic (exact) mass is 292 g/mol. The molecule has 3 N–H and O–H groups in total. The van der Waals surface area contributed by atoms with Crippen LogP contribution in [-0.2, 0) is 12.8 Å². The van der Waals surface area contributed by atoms with Crippen molar-refractivity contribution in [1.82, 2.24) is 20.4 Å². The van der Waals surface area contributed by atoms with Crippen LogP contribution in [0.4, 0.5) is 4.79 Å². The Morgan fingerprint density at radius 3 is 2.81 bits per heavy atom. The number of amides is 2. The Hall–Kier alpha value is -2.05. The van der Waals surface area contributed by atoms with Gasteiger partial charge in [-0.3, -0.25) is 9.89 Å². The van der Waals surface area contributed by atoms with Crippen molar-refractivity contribution in [2.24, 2.45) is 5.92 Å². The van der Waals surface area contributed by atoms with Crippen molar-refractivity contribution in [3.8, 4) is 0 Å². The van der Waals surface area contributed by atoms with E-state index in [2.05, 4.69) is 15.5 Å². The van der Waals surface area contributed by atoms with Crippen molar-refractivity contribution in [2.75, 3.05) is 19.6 Å². The minimum absolute atomic E-state index is 0.116. The molecule has 7 nitrogen and oxygen atoms in total. The first-order valence-electron chi connectivity index (χ1n) is 7.47. The summed E-state index contributed by atoms with van der Waals surface area (Å²) in [6.07, 6.45) is 3.72. The van der Waals surface area contributed by atoms with Gasteiger partial charge in [0.05, 0.1) is 0 Å². The van der Waals surface area contributed by atoms with Crippen LogP contribution in [0.1, 0.15) is 41.0 Å². The smallest absolute Gasteiger partial charge is 0.407 e. The van der Waals surface area contributed by atoms with E-state index < -0.39 is 6.09 Å². The number of piperidine rings is 1. The summed E-state index contributed by atoms with van der Waals surface area (Å²) in [4.78, 5) is 24.4. The van der Waals surface area contributed by atoms with Gasteiger partial charge in [-0.25, -0.2) is 4.79 Å². The summed E-state index contributed by atoms with van der Waals surface area (Å²) in [6.45, 7) is 1.69. The quantitative estimate of drug-likeness (QED) is 0.774. The molecule has 0 aromatic carbocycles. The number of carbonyl (C=O) groups is 2. The minimum atomic E-state index is -0.857. The summed E-state index contributed by atoms with van der Waals surface area (Å²) in [6, 6.07) is 0. The third kappa shape index (κ3) is 2.86. The highest BCUT2D eigenvalue weighted by molar-refractivity contribution is 5.94. The van der Waals surface area contributed by atoms with Gasteiger partial charge in [0.2, 0.25) is 0 Å². The van der Waals surface area contributed by atoms with E-state index in [0.717, 1.165) is 43.4 Å². The van der Waals surface area contributed by atoms with Crippen LogP contribution < -0.4 is 5.32 Å². The molecule has 1 aromatic heterocycles. The Labute approximate surface area is 122 Å². The van der Waals surface area contributed by atoms with Crippen molar-refractivity contribution in [3.63, 3.8) is 0 Å². The van der Waals surface area contributed by atoms with Gasteiger partial charge in [-0.2, -0.15) is 5.10 Å². The highest BCUT2D eigenvalue weighted by Gasteiger charge is 2.25. The van der Waals surface area contributed by atoms with Crippen molar-refractivity contribution in [1.29, 1.82) is 0 Å². The summed E-state index contributed by atoms with van der Waals surface area (Å²) in [7, 11) is 0. The zero-order valence-corrected chi connectivity index (χ0v) is 11.9. The summed E-state index contributed by atoms with van der Waals surface area (Å²) in [5.41, 5.74) is 2.69. The number of hydrogen-bond acceptors (Lipinski definition) is 3. The van der Waals surface area contributed by atoms with E-state index in [4.69, 9.17) is 5.11 Å². The van der Waals surface area contributed by atoms with Gasteiger partial charge in [-0.15, -0.1) is 0 Å². The number of carboxylic acid groups (broad SMARTS) is 1. The molecule has 7 heteroatoms. The molecular formula is C14H20N4O3.